The second kappa shape index (κ2) is 11.4. The number of halogens is 3. The molecule has 0 unspecified atom stereocenters. The van der Waals surface area contributed by atoms with Crippen molar-refractivity contribution < 1.29 is 17.6 Å². The molecule has 0 saturated heterocycles. The third-order valence-electron chi connectivity index (χ3n) is 7.88. The van der Waals surface area contributed by atoms with Crippen LogP contribution >= 0.6 is 23.2 Å². The van der Waals surface area contributed by atoms with Gasteiger partial charge in [0.1, 0.15) is 17.6 Å². The van der Waals surface area contributed by atoms with Crippen molar-refractivity contribution >= 4 is 44.8 Å². The Labute approximate surface area is 259 Å². The van der Waals surface area contributed by atoms with Crippen LogP contribution in [0.1, 0.15) is 53.4 Å². The summed E-state index contributed by atoms with van der Waals surface area (Å²) in [7, 11) is -1.82. The smallest absolute Gasteiger partial charge is 0.256 e. The molecule has 9 nitrogen and oxygen atoms in total. The van der Waals surface area contributed by atoms with Gasteiger partial charge in [0.2, 0.25) is 10.0 Å². The number of aromatic amines is 1. The highest BCUT2D eigenvalue weighted by Gasteiger charge is 2.47. The molecule has 2 heterocycles. The number of carbonyl (C=O) groups excluding carboxylic acids is 1. The Morgan fingerprint density at radius 3 is 2.56 bits per heavy atom. The van der Waals surface area contributed by atoms with Crippen molar-refractivity contribution in [2.24, 2.45) is 10.7 Å². The van der Waals surface area contributed by atoms with E-state index in [1.807, 2.05) is 12.1 Å². The Kier molecular flexibility index (Phi) is 8.17. The first-order chi connectivity index (χ1) is 20.3. The van der Waals surface area contributed by atoms with Crippen LogP contribution in [0.25, 0.3) is 11.1 Å². The number of benzene rings is 2. The number of H-pyrrole nitrogens is 1. The summed E-state index contributed by atoms with van der Waals surface area (Å²) in [4.78, 5) is 22.6. The lowest BCUT2D eigenvalue weighted by Gasteiger charge is -2.36. The molecule has 2 aliphatic rings. The van der Waals surface area contributed by atoms with Crippen LogP contribution in [-0.2, 0) is 15.6 Å². The van der Waals surface area contributed by atoms with Gasteiger partial charge in [-0.1, -0.05) is 23.2 Å². The van der Waals surface area contributed by atoms with Gasteiger partial charge in [0, 0.05) is 52.8 Å². The van der Waals surface area contributed by atoms with Crippen LogP contribution in [0.5, 0.6) is 0 Å². The zero-order chi connectivity index (χ0) is 31.3. The average molecular weight is 644 g/mol. The van der Waals surface area contributed by atoms with E-state index in [1.165, 1.54) is 23.2 Å². The lowest BCUT2D eigenvalue weighted by atomic mass is 9.90. The maximum Gasteiger partial charge on any atom is 0.256 e. The lowest BCUT2D eigenvalue weighted by Crippen LogP contribution is -2.46. The highest BCUT2D eigenvalue weighted by molar-refractivity contribution is 7.88. The summed E-state index contributed by atoms with van der Waals surface area (Å²) in [6, 6.07) is 10.6. The summed E-state index contributed by atoms with van der Waals surface area (Å²) in [6.45, 7) is 2.03. The maximum absolute atomic E-state index is 14.7. The van der Waals surface area contributed by atoms with Crippen molar-refractivity contribution in [1.82, 2.24) is 14.6 Å². The fourth-order valence-electron chi connectivity index (χ4n) is 5.62. The van der Waals surface area contributed by atoms with Crippen LogP contribution in [0.3, 0.4) is 0 Å². The molecule has 1 fully saturated rings. The third kappa shape index (κ3) is 6.06. The van der Waals surface area contributed by atoms with Crippen molar-refractivity contribution in [2.45, 2.75) is 37.8 Å². The van der Waals surface area contributed by atoms with Crippen molar-refractivity contribution in [2.75, 3.05) is 19.8 Å². The van der Waals surface area contributed by atoms with Crippen LogP contribution in [-0.4, -0.2) is 55.8 Å². The number of nitrogens with two attached hydrogens (primary N) is 1. The van der Waals surface area contributed by atoms with E-state index >= 15 is 0 Å². The molecule has 13 heteroatoms. The first kappa shape index (κ1) is 30.8. The Morgan fingerprint density at radius 2 is 1.95 bits per heavy atom. The topological polar surface area (TPSA) is 144 Å². The predicted molar refractivity (Wildman–Crippen MR) is 165 cm³/mol. The molecule has 1 saturated carbocycles. The summed E-state index contributed by atoms with van der Waals surface area (Å²) in [5.74, 6) is -1.13. The van der Waals surface area contributed by atoms with Gasteiger partial charge < -0.3 is 15.6 Å². The van der Waals surface area contributed by atoms with E-state index in [9.17, 15) is 17.6 Å². The number of rotatable bonds is 7. The second-order valence-corrected chi connectivity index (χ2v) is 13.4. The van der Waals surface area contributed by atoms with E-state index < -0.39 is 33.3 Å². The summed E-state index contributed by atoms with van der Waals surface area (Å²) in [5, 5.41) is 9.63. The lowest BCUT2D eigenvalue weighted by molar-refractivity contribution is 0.0706. The van der Waals surface area contributed by atoms with Gasteiger partial charge in [-0.15, -0.1) is 0 Å². The SMILES string of the molecule is CN=C(C1=C(N)[C@@H](C)N(C(=O)c2cc(F)cc(-c3c[nH]c(C#N)c3)c2Cl)CC1)c1cc(Cl)cc(C2(NS(C)(=O)=O)CC2)c1. The Balaban J connectivity index is 1.46. The number of hydrogen-bond acceptors (Lipinski definition) is 6. The molecule has 0 radical (unpaired) electrons. The molecule has 5 rings (SSSR count). The van der Waals surface area contributed by atoms with Crippen molar-refractivity contribution in [3.63, 3.8) is 0 Å². The third-order valence-corrected chi connectivity index (χ3v) is 9.26. The van der Waals surface area contributed by atoms with Crippen LogP contribution in [0, 0.1) is 17.1 Å². The fourth-order valence-corrected chi connectivity index (χ4v) is 7.18. The number of nitriles is 1. The Morgan fingerprint density at radius 1 is 1.23 bits per heavy atom. The average Bonchev–Trinajstić information content (AvgIpc) is 3.55. The minimum atomic E-state index is -3.45. The van der Waals surface area contributed by atoms with Gasteiger partial charge in [0.05, 0.1) is 34.1 Å². The van der Waals surface area contributed by atoms with Crippen molar-refractivity contribution in [3.05, 3.63) is 92.1 Å². The predicted octanol–water partition coefficient (Wildman–Crippen LogP) is 5.10. The first-order valence-corrected chi connectivity index (χ1v) is 16.1. The molecule has 43 heavy (non-hydrogen) atoms. The fraction of sp³-hybridized carbons (Fsp3) is 0.300. The number of aromatic nitrogens is 1. The van der Waals surface area contributed by atoms with Gasteiger partial charge in [0.15, 0.2) is 0 Å². The number of sulfonamides is 1. The maximum atomic E-state index is 14.7. The molecule has 1 atom stereocenters. The normalized spacial score (nSPS) is 18.5. The van der Waals surface area contributed by atoms with Gasteiger partial charge in [-0.2, -0.15) is 5.26 Å². The van der Waals surface area contributed by atoms with Crippen LogP contribution in [0.15, 0.2) is 58.9 Å². The zero-order valence-electron chi connectivity index (χ0n) is 23.6. The van der Waals surface area contributed by atoms with E-state index in [-0.39, 0.29) is 28.4 Å². The second-order valence-electron chi connectivity index (χ2n) is 10.8. The molecule has 1 aromatic heterocycles. The van der Waals surface area contributed by atoms with Gasteiger partial charge in [-0.05, 0) is 68.1 Å². The minimum absolute atomic E-state index is 0.0172. The Hall–Kier alpha value is -3.69. The molecule has 0 spiro atoms. The Bertz CT molecular complexity index is 1860. The van der Waals surface area contributed by atoms with Gasteiger partial charge in [-0.3, -0.25) is 9.79 Å². The van der Waals surface area contributed by atoms with Crippen LogP contribution in [0.2, 0.25) is 10.0 Å². The largest absolute Gasteiger partial charge is 0.400 e. The van der Waals surface area contributed by atoms with E-state index in [2.05, 4.69) is 14.7 Å². The van der Waals surface area contributed by atoms with Crippen molar-refractivity contribution in [1.29, 1.82) is 5.26 Å². The molecular weight excluding hydrogens is 614 g/mol. The number of aliphatic imine (C=N–C) groups is 1. The minimum Gasteiger partial charge on any atom is -0.400 e. The quantitative estimate of drug-likeness (QED) is 0.307. The number of nitrogens with zero attached hydrogens (tertiary/aromatic N) is 3. The molecule has 4 N–H and O–H groups in total. The number of nitrogens with one attached hydrogen (secondary N) is 2. The molecule has 1 aliphatic carbocycles. The molecule has 0 bridgehead atoms. The highest BCUT2D eigenvalue weighted by atomic mass is 35.5. The van der Waals surface area contributed by atoms with E-state index in [1.54, 1.807) is 26.1 Å². The van der Waals surface area contributed by atoms with Crippen LogP contribution < -0.4 is 10.5 Å². The van der Waals surface area contributed by atoms with Crippen molar-refractivity contribution in [3.8, 4) is 17.2 Å². The van der Waals surface area contributed by atoms with E-state index in [0.717, 1.165) is 23.5 Å². The number of amides is 1. The summed E-state index contributed by atoms with van der Waals surface area (Å²) >= 11 is 13.1. The summed E-state index contributed by atoms with van der Waals surface area (Å²) in [6.07, 6.45) is 4.30. The molecule has 1 amide bonds. The van der Waals surface area contributed by atoms with E-state index in [0.29, 0.717) is 46.8 Å². The summed E-state index contributed by atoms with van der Waals surface area (Å²) < 4.78 is 41.5. The van der Waals surface area contributed by atoms with Gasteiger partial charge in [0.25, 0.3) is 5.91 Å². The standard InChI is InChI=1S/C30H29Cl2FN6O3S/c1-16-27(35)23(28(36-2)17-8-19(11-20(31)9-17)30(5-6-30)38-43(3,41)42)4-7-39(16)29(40)25-13-21(33)12-24(26(25)32)18-10-22(14-34)37-15-18/h8-13,15-16,37-38H,4-7,35H2,1-3H3/t16-/m1/s1. The highest BCUT2D eigenvalue weighted by Crippen LogP contribution is 2.47. The van der Waals surface area contributed by atoms with Gasteiger partial charge in [-0.25, -0.2) is 17.5 Å². The molecule has 224 valence electrons. The van der Waals surface area contributed by atoms with E-state index in [4.69, 9.17) is 34.2 Å². The first-order valence-electron chi connectivity index (χ1n) is 13.4. The monoisotopic (exact) mass is 642 g/mol. The summed E-state index contributed by atoms with van der Waals surface area (Å²) in [5.41, 5.74) is 10.1. The van der Waals surface area contributed by atoms with Gasteiger partial charge >= 0.3 is 0 Å². The molecule has 1 aliphatic heterocycles. The molecule has 3 aromatic rings. The molecular formula is C30H29Cl2FN6O3S. The van der Waals surface area contributed by atoms with Crippen LogP contribution in [0.4, 0.5) is 4.39 Å². The number of carbonyl (C=O) groups is 1. The molecule has 2 aromatic carbocycles. The number of hydrogen-bond donors (Lipinski definition) is 3. The zero-order valence-corrected chi connectivity index (χ0v) is 26.0.